The topological polar surface area (TPSA) is 26.3 Å². The van der Waals surface area contributed by atoms with Crippen molar-refractivity contribution < 1.29 is 9.53 Å². The zero-order valence-electron chi connectivity index (χ0n) is 9.96. The van der Waals surface area contributed by atoms with E-state index in [1.165, 1.54) is 38.5 Å². The lowest BCUT2D eigenvalue weighted by atomic mass is 9.86. The van der Waals surface area contributed by atoms with E-state index in [0.717, 1.165) is 19.3 Å². The number of hydrogen-bond acceptors (Lipinski definition) is 2. The van der Waals surface area contributed by atoms with Crippen LogP contribution in [-0.4, -0.2) is 12.6 Å². The van der Waals surface area contributed by atoms with Crippen LogP contribution in [0, 0.1) is 5.92 Å². The molecule has 0 atom stereocenters. The number of unbranched alkanes of at least 4 members (excludes halogenated alkanes) is 5. The fourth-order valence-corrected chi connectivity index (χ4v) is 1.82. The summed E-state index contributed by atoms with van der Waals surface area (Å²) in [6, 6.07) is 0. The summed E-state index contributed by atoms with van der Waals surface area (Å²) in [6.07, 6.45) is 10.8. The predicted molar refractivity (Wildman–Crippen MR) is 61.7 cm³/mol. The molecule has 0 bridgehead atoms. The van der Waals surface area contributed by atoms with Crippen molar-refractivity contribution in [2.45, 2.75) is 64.7 Å². The van der Waals surface area contributed by atoms with Gasteiger partial charge >= 0.3 is 5.97 Å². The standard InChI is InChI=1S/C13H24O2/c1-2-3-4-5-6-7-11-15-13(14)12-9-8-10-12/h12H,2-11H2,1H3. The van der Waals surface area contributed by atoms with Gasteiger partial charge in [0.2, 0.25) is 0 Å². The van der Waals surface area contributed by atoms with Crippen molar-refractivity contribution in [2.75, 3.05) is 6.61 Å². The molecule has 88 valence electrons. The summed E-state index contributed by atoms with van der Waals surface area (Å²) in [4.78, 5) is 11.3. The normalized spacial score (nSPS) is 16.1. The summed E-state index contributed by atoms with van der Waals surface area (Å²) in [5.41, 5.74) is 0. The maximum atomic E-state index is 11.3. The number of esters is 1. The molecular formula is C13H24O2. The third-order valence-electron chi connectivity index (χ3n) is 3.18. The molecule has 15 heavy (non-hydrogen) atoms. The third kappa shape index (κ3) is 5.19. The summed E-state index contributed by atoms with van der Waals surface area (Å²) >= 11 is 0. The Morgan fingerprint density at radius 3 is 2.40 bits per heavy atom. The van der Waals surface area contributed by atoms with Crippen LogP contribution in [0.3, 0.4) is 0 Å². The summed E-state index contributed by atoms with van der Waals surface area (Å²) in [7, 11) is 0. The molecule has 1 saturated carbocycles. The highest BCUT2D eigenvalue weighted by Crippen LogP contribution is 2.27. The van der Waals surface area contributed by atoms with Crippen molar-refractivity contribution >= 4 is 5.97 Å². The van der Waals surface area contributed by atoms with Gasteiger partial charge in [-0.25, -0.2) is 0 Å². The zero-order chi connectivity index (χ0) is 10.9. The van der Waals surface area contributed by atoms with Crippen LogP contribution in [0.15, 0.2) is 0 Å². The number of hydrogen-bond donors (Lipinski definition) is 0. The van der Waals surface area contributed by atoms with Gasteiger partial charge in [0.15, 0.2) is 0 Å². The van der Waals surface area contributed by atoms with E-state index in [-0.39, 0.29) is 11.9 Å². The van der Waals surface area contributed by atoms with Crippen LogP contribution in [0.2, 0.25) is 0 Å². The molecule has 1 fully saturated rings. The monoisotopic (exact) mass is 212 g/mol. The molecule has 0 heterocycles. The Hall–Kier alpha value is -0.530. The Balaban J connectivity index is 1.81. The second-order valence-corrected chi connectivity index (χ2v) is 4.56. The van der Waals surface area contributed by atoms with E-state index in [9.17, 15) is 4.79 Å². The molecule has 0 spiro atoms. The largest absolute Gasteiger partial charge is 0.465 e. The minimum atomic E-state index is 0.0507. The molecule has 2 heteroatoms. The maximum Gasteiger partial charge on any atom is 0.308 e. The van der Waals surface area contributed by atoms with Crippen molar-refractivity contribution in [3.05, 3.63) is 0 Å². The van der Waals surface area contributed by atoms with Crippen LogP contribution < -0.4 is 0 Å². The van der Waals surface area contributed by atoms with E-state index < -0.39 is 0 Å². The molecule has 0 N–H and O–H groups in total. The Kier molecular flexibility index (Phi) is 6.45. The van der Waals surface area contributed by atoms with Crippen LogP contribution in [0.1, 0.15) is 64.7 Å². The van der Waals surface area contributed by atoms with Crippen molar-refractivity contribution in [3.8, 4) is 0 Å². The van der Waals surface area contributed by atoms with Crippen molar-refractivity contribution in [1.82, 2.24) is 0 Å². The first-order chi connectivity index (χ1) is 7.34. The zero-order valence-corrected chi connectivity index (χ0v) is 9.96. The lowest BCUT2D eigenvalue weighted by molar-refractivity contribution is -0.151. The average Bonchev–Trinajstić information content (AvgIpc) is 2.14. The second-order valence-electron chi connectivity index (χ2n) is 4.56. The lowest BCUT2D eigenvalue weighted by Gasteiger charge is -2.22. The van der Waals surface area contributed by atoms with E-state index in [0.29, 0.717) is 6.61 Å². The fourth-order valence-electron chi connectivity index (χ4n) is 1.82. The van der Waals surface area contributed by atoms with Gasteiger partial charge in [-0.05, 0) is 19.3 Å². The predicted octanol–water partition coefficient (Wildman–Crippen LogP) is 3.69. The van der Waals surface area contributed by atoms with Gasteiger partial charge in [-0.15, -0.1) is 0 Å². The Morgan fingerprint density at radius 2 is 1.80 bits per heavy atom. The van der Waals surface area contributed by atoms with Gasteiger partial charge < -0.3 is 4.74 Å². The molecule has 2 nitrogen and oxygen atoms in total. The Labute approximate surface area is 93.4 Å². The van der Waals surface area contributed by atoms with Crippen LogP contribution in [0.5, 0.6) is 0 Å². The van der Waals surface area contributed by atoms with Gasteiger partial charge in [-0.1, -0.05) is 45.4 Å². The van der Waals surface area contributed by atoms with Crippen molar-refractivity contribution in [2.24, 2.45) is 5.92 Å². The summed E-state index contributed by atoms with van der Waals surface area (Å²) in [6.45, 7) is 2.86. The molecule has 1 rings (SSSR count). The van der Waals surface area contributed by atoms with Crippen molar-refractivity contribution in [3.63, 3.8) is 0 Å². The minimum Gasteiger partial charge on any atom is -0.465 e. The Morgan fingerprint density at radius 1 is 1.13 bits per heavy atom. The first-order valence-corrected chi connectivity index (χ1v) is 6.51. The summed E-state index contributed by atoms with van der Waals surface area (Å²) < 4.78 is 5.21. The number of ether oxygens (including phenoxy) is 1. The highest BCUT2D eigenvalue weighted by atomic mass is 16.5. The molecular weight excluding hydrogens is 188 g/mol. The van der Waals surface area contributed by atoms with Gasteiger partial charge in [0.05, 0.1) is 12.5 Å². The molecule has 1 aliphatic carbocycles. The van der Waals surface area contributed by atoms with Crippen molar-refractivity contribution in [1.29, 1.82) is 0 Å². The molecule has 0 saturated heterocycles. The van der Waals surface area contributed by atoms with Gasteiger partial charge in [0.25, 0.3) is 0 Å². The highest BCUT2D eigenvalue weighted by Gasteiger charge is 2.26. The molecule has 0 unspecified atom stereocenters. The van der Waals surface area contributed by atoms with E-state index in [1.807, 2.05) is 0 Å². The van der Waals surface area contributed by atoms with Crippen LogP contribution in [0.25, 0.3) is 0 Å². The maximum absolute atomic E-state index is 11.3. The number of carbonyl (C=O) groups is 1. The number of carbonyl (C=O) groups excluding carboxylic acids is 1. The van der Waals surface area contributed by atoms with Crippen LogP contribution in [-0.2, 0) is 9.53 Å². The van der Waals surface area contributed by atoms with E-state index in [2.05, 4.69) is 6.92 Å². The van der Waals surface area contributed by atoms with Gasteiger partial charge in [-0.3, -0.25) is 4.79 Å². The first kappa shape index (κ1) is 12.5. The lowest BCUT2D eigenvalue weighted by Crippen LogP contribution is -2.24. The van der Waals surface area contributed by atoms with E-state index in [4.69, 9.17) is 4.74 Å². The SMILES string of the molecule is CCCCCCCCOC(=O)C1CCC1. The van der Waals surface area contributed by atoms with Gasteiger partial charge in [-0.2, -0.15) is 0 Å². The highest BCUT2D eigenvalue weighted by molar-refractivity contribution is 5.73. The van der Waals surface area contributed by atoms with E-state index >= 15 is 0 Å². The second kappa shape index (κ2) is 7.72. The minimum absolute atomic E-state index is 0.0507. The first-order valence-electron chi connectivity index (χ1n) is 6.51. The quantitative estimate of drug-likeness (QED) is 0.453. The van der Waals surface area contributed by atoms with Gasteiger partial charge in [0, 0.05) is 0 Å². The van der Waals surface area contributed by atoms with Gasteiger partial charge in [0.1, 0.15) is 0 Å². The van der Waals surface area contributed by atoms with Crippen LogP contribution in [0.4, 0.5) is 0 Å². The molecule has 0 amide bonds. The third-order valence-corrected chi connectivity index (χ3v) is 3.18. The molecule has 0 aliphatic heterocycles. The number of rotatable bonds is 8. The average molecular weight is 212 g/mol. The molecule has 0 aromatic heterocycles. The summed E-state index contributed by atoms with van der Waals surface area (Å²) in [5.74, 6) is 0.292. The Bertz CT molecular complexity index is 173. The molecule has 0 radical (unpaired) electrons. The van der Waals surface area contributed by atoms with Crippen LogP contribution >= 0.6 is 0 Å². The summed E-state index contributed by atoms with van der Waals surface area (Å²) in [5, 5.41) is 0. The molecule has 0 aromatic rings. The fraction of sp³-hybridized carbons (Fsp3) is 0.923. The molecule has 1 aliphatic rings. The smallest absolute Gasteiger partial charge is 0.308 e. The molecule has 0 aromatic carbocycles. The van der Waals surface area contributed by atoms with E-state index in [1.54, 1.807) is 0 Å².